The Balaban J connectivity index is 1.52. The number of fused-ring (bicyclic) bond motifs is 1. The van der Waals surface area contributed by atoms with Crippen molar-refractivity contribution in [2.45, 2.75) is 18.2 Å². The van der Waals surface area contributed by atoms with Gasteiger partial charge >= 0.3 is 5.97 Å². The number of hydrogen-bond acceptors (Lipinski definition) is 7. The highest BCUT2D eigenvalue weighted by Gasteiger charge is 2.20. The summed E-state index contributed by atoms with van der Waals surface area (Å²) in [5, 5.41) is 8.18. The van der Waals surface area contributed by atoms with Crippen LogP contribution in [0, 0.1) is 6.92 Å². The number of nitrogens with one attached hydrogen (secondary N) is 2. The van der Waals surface area contributed by atoms with E-state index < -0.39 is 16.0 Å². The Labute approximate surface area is 190 Å². The fourth-order valence-electron chi connectivity index (χ4n) is 3.48. The van der Waals surface area contributed by atoms with E-state index in [1.54, 1.807) is 37.3 Å². The van der Waals surface area contributed by atoms with Crippen LogP contribution in [0.15, 0.2) is 65.6 Å². The third-order valence-corrected chi connectivity index (χ3v) is 6.51. The molecule has 1 heterocycles. The summed E-state index contributed by atoms with van der Waals surface area (Å²) in [6, 6.07) is 16.6. The van der Waals surface area contributed by atoms with E-state index >= 15 is 0 Å². The molecular formula is C23H22N4O5S. The monoisotopic (exact) mass is 466 g/mol. The summed E-state index contributed by atoms with van der Waals surface area (Å²) >= 11 is 0. The molecule has 0 unspecified atom stereocenters. The minimum atomic E-state index is -4.02. The molecule has 4 N–H and O–H groups in total. The summed E-state index contributed by atoms with van der Waals surface area (Å²) in [6.45, 7) is 1.65. The summed E-state index contributed by atoms with van der Waals surface area (Å²) in [4.78, 5) is 19.2. The molecule has 9 nitrogen and oxygen atoms in total. The van der Waals surface area contributed by atoms with Crippen LogP contribution in [0.25, 0.3) is 10.9 Å². The van der Waals surface area contributed by atoms with Crippen LogP contribution in [0.4, 0.5) is 5.69 Å². The Hall–Kier alpha value is -3.89. The highest BCUT2D eigenvalue weighted by molar-refractivity contribution is 7.89. The van der Waals surface area contributed by atoms with Crippen LogP contribution < -0.4 is 15.4 Å². The summed E-state index contributed by atoms with van der Waals surface area (Å²) in [5.74, 6) is -0.422. The van der Waals surface area contributed by atoms with Gasteiger partial charge in [-0.1, -0.05) is 24.3 Å². The van der Waals surface area contributed by atoms with Crippen molar-refractivity contribution in [2.75, 3.05) is 12.8 Å². The Kier molecular flexibility index (Phi) is 6.03. The van der Waals surface area contributed by atoms with Crippen molar-refractivity contribution in [2.24, 2.45) is 0 Å². The van der Waals surface area contributed by atoms with E-state index in [0.717, 1.165) is 22.2 Å². The molecule has 0 atom stereocenters. The number of nitrogens with two attached hydrogens (primary N) is 1. The van der Waals surface area contributed by atoms with Crippen LogP contribution in [0.1, 0.15) is 27.2 Å². The van der Waals surface area contributed by atoms with Gasteiger partial charge in [-0.15, -0.1) is 0 Å². The lowest BCUT2D eigenvalue weighted by Crippen LogP contribution is -2.28. The first-order chi connectivity index (χ1) is 15.8. The molecule has 0 aliphatic rings. The lowest BCUT2D eigenvalue weighted by molar-refractivity contribution is 0.0407. The van der Waals surface area contributed by atoms with Gasteiger partial charge in [0.25, 0.3) is 10.0 Å². The van der Waals surface area contributed by atoms with Gasteiger partial charge in [0.2, 0.25) is 0 Å². The maximum absolute atomic E-state index is 12.5. The van der Waals surface area contributed by atoms with Crippen LogP contribution in [0.2, 0.25) is 0 Å². The zero-order chi connectivity index (χ0) is 23.6. The van der Waals surface area contributed by atoms with Crippen molar-refractivity contribution in [3.05, 3.63) is 83.0 Å². The van der Waals surface area contributed by atoms with Crippen LogP contribution in [-0.2, 0) is 21.3 Å². The van der Waals surface area contributed by atoms with Crippen molar-refractivity contribution in [3.63, 3.8) is 0 Å². The number of ether oxygens (including phenoxy) is 1. The summed E-state index contributed by atoms with van der Waals surface area (Å²) < 4.78 is 30.3. The number of carbonyl (C=O) groups excluding carboxylic acids is 1. The molecule has 4 rings (SSSR count). The van der Waals surface area contributed by atoms with Gasteiger partial charge in [-0.3, -0.25) is 5.10 Å². The molecule has 0 fully saturated rings. The molecule has 10 heteroatoms. The highest BCUT2D eigenvalue weighted by Crippen LogP contribution is 2.27. The van der Waals surface area contributed by atoms with E-state index in [2.05, 4.69) is 10.2 Å². The Bertz CT molecular complexity index is 1450. The predicted octanol–water partition coefficient (Wildman–Crippen LogP) is 3.10. The smallest absolute Gasteiger partial charge is 0.357 e. The highest BCUT2D eigenvalue weighted by atomic mass is 32.2. The standard InChI is InChI=1S/C23H22N4O5S/c1-14-5-3-4-6-22(14)33(29,30)27-32-23(28)16-8-7-15(21(12-16)31-2)11-20-18-13-17(24)9-10-19(18)25-26-20/h3-10,12-13,27H,11,24H2,1-2H3,(H,25,26). The first-order valence-corrected chi connectivity index (χ1v) is 11.4. The van der Waals surface area contributed by atoms with Crippen molar-refractivity contribution < 1.29 is 22.8 Å². The topological polar surface area (TPSA) is 136 Å². The second kappa shape index (κ2) is 8.93. The quantitative estimate of drug-likeness (QED) is 0.281. The summed E-state index contributed by atoms with van der Waals surface area (Å²) in [7, 11) is -2.54. The average molecular weight is 467 g/mol. The number of aromatic amines is 1. The van der Waals surface area contributed by atoms with Crippen LogP contribution in [0.3, 0.4) is 0 Å². The number of H-pyrrole nitrogens is 1. The zero-order valence-electron chi connectivity index (χ0n) is 18.0. The zero-order valence-corrected chi connectivity index (χ0v) is 18.8. The van der Waals surface area contributed by atoms with Crippen LogP contribution >= 0.6 is 0 Å². The second-order valence-corrected chi connectivity index (χ2v) is 9.04. The van der Waals surface area contributed by atoms with Gasteiger partial charge in [0.05, 0.1) is 23.1 Å². The lowest BCUT2D eigenvalue weighted by atomic mass is 10.0. The SMILES string of the molecule is COc1cc(C(=O)ONS(=O)(=O)c2ccccc2C)ccc1Cc1[nH]nc2ccc(N)cc12. The third kappa shape index (κ3) is 4.66. The molecule has 0 aliphatic heterocycles. The van der Waals surface area contributed by atoms with Gasteiger partial charge in [-0.25, -0.2) is 13.2 Å². The maximum Gasteiger partial charge on any atom is 0.357 e. The van der Waals surface area contributed by atoms with Crippen molar-refractivity contribution in [3.8, 4) is 5.75 Å². The number of nitrogen functional groups attached to an aromatic ring is 1. The number of rotatable bonds is 7. The van der Waals surface area contributed by atoms with E-state index in [1.807, 2.05) is 17.0 Å². The molecule has 0 aliphatic carbocycles. The molecule has 0 spiro atoms. The number of sulfonamides is 1. The summed E-state index contributed by atoms with van der Waals surface area (Å²) in [6.07, 6.45) is 0.457. The number of aromatic nitrogens is 2. The second-order valence-electron chi connectivity index (χ2n) is 7.42. The van der Waals surface area contributed by atoms with E-state index in [4.69, 9.17) is 15.3 Å². The van der Waals surface area contributed by atoms with Gasteiger partial charge in [0, 0.05) is 28.8 Å². The predicted molar refractivity (Wildman–Crippen MR) is 123 cm³/mol. The van der Waals surface area contributed by atoms with Crippen molar-refractivity contribution in [1.29, 1.82) is 0 Å². The molecule has 0 saturated heterocycles. The molecule has 33 heavy (non-hydrogen) atoms. The minimum Gasteiger partial charge on any atom is -0.496 e. The molecule has 0 amide bonds. The molecule has 0 bridgehead atoms. The van der Waals surface area contributed by atoms with E-state index in [1.165, 1.54) is 25.3 Å². The number of carbonyl (C=O) groups is 1. The Morgan fingerprint density at radius 2 is 1.91 bits per heavy atom. The number of hydrogen-bond donors (Lipinski definition) is 3. The Morgan fingerprint density at radius 3 is 2.67 bits per heavy atom. The molecule has 3 aromatic carbocycles. The van der Waals surface area contributed by atoms with Crippen molar-refractivity contribution in [1.82, 2.24) is 15.1 Å². The van der Waals surface area contributed by atoms with Crippen molar-refractivity contribution >= 4 is 32.6 Å². The lowest BCUT2D eigenvalue weighted by Gasteiger charge is -2.11. The fourth-order valence-corrected chi connectivity index (χ4v) is 4.50. The number of aryl methyl sites for hydroxylation is 1. The van der Waals surface area contributed by atoms with E-state index in [-0.39, 0.29) is 10.5 Å². The number of anilines is 1. The van der Waals surface area contributed by atoms with Crippen LogP contribution in [0.5, 0.6) is 5.75 Å². The average Bonchev–Trinajstić information content (AvgIpc) is 3.19. The molecule has 1 aromatic heterocycles. The van der Waals surface area contributed by atoms with Gasteiger partial charge in [-0.05, 0) is 53.8 Å². The normalized spacial score (nSPS) is 11.5. The number of benzene rings is 3. The molecular weight excluding hydrogens is 444 g/mol. The van der Waals surface area contributed by atoms with E-state index in [9.17, 15) is 13.2 Å². The Morgan fingerprint density at radius 1 is 1.12 bits per heavy atom. The molecule has 4 aromatic rings. The minimum absolute atomic E-state index is 0.0261. The van der Waals surface area contributed by atoms with Gasteiger partial charge in [0.15, 0.2) is 0 Å². The molecule has 0 radical (unpaired) electrons. The van der Waals surface area contributed by atoms with Gasteiger partial charge < -0.3 is 15.3 Å². The maximum atomic E-state index is 12.5. The number of methoxy groups -OCH3 is 1. The van der Waals surface area contributed by atoms with Gasteiger partial charge in [0.1, 0.15) is 5.75 Å². The first kappa shape index (κ1) is 22.3. The fraction of sp³-hybridized carbons (Fsp3) is 0.130. The molecule has 170 valence electrons. The largest absolute Gasteiger partial charge is 0.496 e. The van der Waals surface area contributed by atoms with Crippen LogP contribution in [-0.4, -0.2) is 31.7 Å². The summed E-state index contributed by atoms with van der Waals surface area (Å²) in [5.41, 5.74) is 9.60. The van der Waals surface area contributed by atoms with Gasteiger partial charge in [-0.2, -0.15) is 5.10 Å². The van der Waals surface area contributed by atoms with E-state index in [0.29, 0.717) is 23.4 Å². The number of nitrogens with zero attached hydrogens (tertiary/aromatic N) is 1. The first-order valence-electron chi connectivity index (χ1n) is 9.96. The molecule has 0 saturated carbocycles. The third-order valence-electron chi connectivity index (χ3n) is 5.17.